The summed E-state index contributed by atoms with van der Waals surface area (Å²) in [7, 11) is 0. The fourth-order valence-corrected chi connectivity index (χ4v) is 3.70. The van der Waals surface area contributed by atoms with Crippen LogP contribution in [0.3, 0.4) is 0 Å². The second-order valence-corrected chi connectivity index (χ2v) is 5.61. The molecule has 0 spiro atoms. The first kappa shape index (κ1) is 9.45. The summed E-state index contributed by atoms with van der Waals surface area (Å²) in [4.78, 5) is 11.2. The SMILES string of the molecule is NC1CCCc2nc(-c3cncs3)sc21. The van der Waals surface area contributed by atoms with Crippen LogP contribution in [0.4, 0.5) is 0 Å². The molecule has 78 valence electrons. The largest absolute Gasteiger partial charge is 0.323 e. The Bertz CT molecular complexity index is 461. The van der Waals surface area contributed by atoms with Crippen LogP contribution in [0.1, 0.15) is 29.5 Å². The Balaban J connectivity index is 2.06. The van der Waals surface area contributed by atoms with Crippen molar-refractivity contribution in [1.29, 1.82) is 0 Å². The Morgan fingerprint density at radius 2 is 2.40 bits per heavy atom. The van der Waals surface area contributed by atoms with Gasteiger partial charge in [-0.25, -0.2) is 4.98 Å². The van der Waals surface area contributed by atoms with Crippen LogP contribution < -0.4 is 5.73 Å². The number of aromatic nitrogens is 2. The molecule has 2 aromatic rings. The quantitative estimate of drug-likeness (QED) is 0.829. The highest BCUT2D eigenvalue weighted by molar-refractivity contribution is 7.20. The van der Waals surface area contributed by atoms with Gasteiger partial charge in [-0.05, 0) is 19.3 Å². The van der Waals surface area contributed by atoms with E-state index in [0.29, 0.717) is 0 Å². The van der Waals surface area contributed by atoms with Crippen molar-refractivity contribution in [2.45, 2.75) is 25.3 Å². The first-order valence-corrected chi connectivity index (χ1v) is 6.68. The zero-order valence-electron chi connectivity index (χ0n) is 8.14. The van der Waals surface area contributed by atoms with Crippen molar-refractivity contribution < 1.29 is 0 Å². The third kappa shape index (κ3) is 1.60. The lowest BCUT2D eigenvalue weighted by Gasteiger charge is -2.15. The number of fused-ring (bicyclic) bond motifs is 1. The molecule has 0 radical (unpaired) electrons. The summed E-state index contributed by atoms with van der Waals surface area (Å²) >= 11 is 3.37. The summed E-state index contributed by atoms with van der Waals surface area (Å²) in [6, 6.07) is 0.202. The van der Waals surface area contributed by atoms with Crippen molar-refractivity contribution in [1.82, 2.24) is 9.97 Å². The summed E-state index contributed by atoms with van der Waals surface area (Å²) in [6.45, 7) is 0. The van der Waals surface area contributed by atoms with Gasteiger partial charge in [0.2, 0.25) is 0 Å². The molecule has 1 aliphatic carbocycles. The number of thiazole rings is 2. The predicted octanol–water partition coefficient (Wildman–Crippen LogP) is 2.60. The maximum atomic E-state index is 6.07. The summed E-state index contributed by atoms with van der Waals surface area (Å²) in [5.74, 6) is 0. The Kier molecular flexibility index (Phi) is 2.31. The predicted molar refractivity (Wildman–Crippen MR) is 63.1 cm³/mol. The monoisotopic (exact) mass is 237 g/mol. The molecule has 0 bridgehead atoms. The van der Waals surface area contributed by atoms with E-state index >= 15 is 0 Å². The van der Waals surface area contributed by atoms with Crippen LogP contribution in [0.15, 0.2) is 11.7 Å². The van der Waals surface area contributed by atoms with Gasteiger partial charge in [0.15, 0.2) is 0 Å². The molecule has 0 aliphatic heterocycles. The molecule has 0 saturated carbocycles. The number of hydrogen-bond acceptors (Lipinski definition) is 5. The molecular formula is C10H11N3S2. The van der Waals surface area contributed by atoms with Gasteiger partial charge in [0.05, 0.1) is 16.1 Å². The second kappa shape index (κ2) is 3.66. The topological polar surface area (TPSA) is 51.8 Å². The molecule has 1 atom stereocenters. The van der Waals surface area contributed by atoms with E-state index in [1.165, 1.54) is 17.0 Å². The third-order valence-electron chi connectivity index (χ3n) is 2.64. The third-order valence-corrected chi connectivity index (χ3v) is 4.81. The number of rotatable bonds is 1. The summed E-state index contributed by atoms with van der Waals surface area (Å²) in [5, 5.41) is 1.08. The molecule has 2 aromatic heterocycles. The molecule has 2 heterocycles. The van der Waals surface area contributed by atoms with E-state index in [4.69, 9.17) is 5.73 Å². The van der Waals surface area contributed by atoms with E-state index in [-0.39, 0.29) is 6.04 Å². The lowest BCUT2D eigenvalue weighted by atomic mass is 9.99. The van der Waals surface area contributed by atoms with Gasteiger partial charge < -0.3 is 5.73 Å². The number of aryl methyl sites for hydroxylation is 1. The summed E-state index contributed by atoms with van der Waals surface area (Å²) in [6.07, 6.45) is 5.22. The number of hydrogen-bond donors (Lipinski definition) is 1. The fraction of sp³-hybridized carbons (Fsp3) is 0.400. The van der Waals surface area contributed by atoms with Crippen molar-refractivity contribution in [3.63, 3.8) is 0 Å². The summed E-state index contributed by atoms with van der Waals surface area (Å²) < 4.78 is 0. The highest BCUT2D eigenvalue weighted by Crippen LogP contribution is 2.37. The van der Waals surface area contributed by atoms with Crippen LogP contribution in [-0.2, 0) is 6.42 Å². The minimum Gasteiger partial charge on any atom is -0.323 e. The van der Waals surface area contributed by atoms with Gasteiger partial charge in [0.25, 0.3) is 0 Å². The number of nitrogens with zero attached hydrogens (tertiary/aromatic N) is 2. The molecule has 2 N–H and O–H groups in total. The molecule has 0 fully saturated rings. The van der Waals surface area contributed by atoms with E-state index in [1.54, 1.807) is 22.7 Å². The van der Waals surface area contributed by atoms with Gasteiger partial charge in [-0.15, -0.1) is 22.7 Å². The maximum Gasteiger partial charge on any atom is 0.135 e. The first-order valence-electron chi connectivity index (χ1n) is 4.98. The van der Waals surface area contributed by atoms with Gasteiger partial charge in [-0.3, -0.25) is 4.98 Å². The van der Waals surface area contributed by atoms with E-state index in [1.807, 2.05) is 11.7 Å². The maximum absolute atomic E-state index is 6.07. The van der Waals surface area contributed by atoms with Crippen molar-refractivity contribution in [3.8, 4) is 9.88 Å². The van der Waals surface area contributed by atoms with Crippen LogP contribution >= 0.6 is 22.7 Å². The lowest BCUT2D eigenvalue weighted by molar-refractivity contribution is 0.573. The molecule has 0 aromatic carbocycles. The van der Waals surface area contributed by atoms with Gasteiger partial charge in [-0.2, -0.15) is 0 Å². The van der Waals surface area contributed by atoms with Crippen molar-refractivity contribution in [2.24, 2.45) is 5.73 Å². The summed E-state index contributed by atoms with van der Waals surface area (Å²) in [5.41, 5.74) is 9.12. The smallest absolute Gasteiger partial charge is 0.135 e. The molecular weight excluding hydrogens is 226 g/mol. The van der Waals surface area contributed by atoms with E-state index < -0.39 is 0 Å². The Labute approximate surface area is 96.0 Å². The Hall–Kier alpha value is -0.780. The zero-order valence-corrected chi connectivity index (χ0v) is 9.77. The van der Waals surface area contributed by atoms with Crippen LogP contribution in [0.25, 0.3) is 9.88 Å². The van der Waals surface area contributed by atoms with Gasteiger partial charge >= 0.3 is 0 Å². The van der Waals surface area contributed by atoms with E-state index in [9.17, 15) is 0 Å². The lowest BCUT2D eigenvalue weighted by Crippen LogP contribution is -2.15. The van der Waals surface area contributed by atoms with Crippen LogP contribution in [0.5, 0.6) is 0 Å². The van der Waals surface area contributed by atoms with E-state index in [0.717, 1.165) is 22.7 Å². The van der Waals surface area contributed by atoms with Gasteiger partial charge in [-0.1, -0.05) is 0 Å². The average molecular weight is 237 g/mol. The molecule has 15 heavy (non-hydrogen) atoms. The van der Waals surface area contributed by atoms with Crippen LogP contribution in [0.2, 0.25) is 0 Å². The number of nitrogens with two attached hydrogens (primary N) is 1. The van der Waals surface area contributed by atoms with Crippen molar-refractivity contribution in [3.05, 3.63) is 22.3 Å². The van der Waals surface area contributed by atoms with Gasteiger partial charge in [0, 0.05) is 17.1 Å². The van der Waals surface area contributed by atoms with Crippen LogP contribution in [-0.4, -0.2) is 9.97 Å². The van der Waals surface area contributed by atoms with Crippen LogP contribution in [0, 0.1) is 0 Å². The minimum atomic E-state index is 0.202. The molecule has 1 unspecified atom stereocenters. The Morgan fingerprint density at radius 1 is 1.47 bits per heavy atom. The molecule has 5 heteroatoms. The van der Waals surface area contributed by atoms with E-state index in [2.05, 4.69) is 9.97 Å². The zero-order chi connectivity index (χ0) is 10.3. The highest BCUT2D eigenvalue weighted by Gasteiger charge is 2.22. The van der Waals surface area contributed by atoms with Gasteiger partial charge in [0.1, 0.15) is 5.01 Å². The molecule has 0 amide bonds. The molecule has 0 saturated heterocycles. The highest BCUT2D eigenvalue weighted by atomic mass is 32.1. The fourth-order valence-electron chi connectivity index (χ4n) is 1.88. The Morgan fingerprint density at radius 3 is 3.13 bits per heavy atom. The first-order chi connectivity index (χ1) is 7.34. The normalized spacial score (nSPS) is 20.2. The van der Waals surface area contributed by atoms with Crippen molar-refractivity contribution in [2.75, 3.05) is 0 Å². The van der Waals surface area contributed by atoms with Crippen molar-refractivity contribution >= 4 is 22.7 Å². The standard InChI is InChI=1S/C10H11N3S2/c11-6-2-1-3-7-9(6)15-10(13-7)8-4-12-5-14-8/h4-6H,1-3,11H2. The molecule has 1 aliphatic rings. The molecule has 3 rings (SSSR count). The second-order valence-electron chi connectivity index (χ2n) is 3.69. The minimum absolute atomic E-state index is 0.202. The molecule has 3 nitrogen and oxygen atoms in total. The average Bonchev–Trinajstić information content (AvgIpc) is 2.86.